The first kappa shape index (κ1) is 12.6. The molecule has 0 saturated carbocycles. The highest BCUT2D eigenvalue weighted by atomic mass is 16.2. The Morgan fingerprint density at radius 2 is 2.09 bits per heavy atom. The Morgan fingerprint density at radius 3 is 3.00 bits per heavy atom. The first-order valence-electron chi connectivity index (χ1n) is 6.86. The molecule has 22 heavy (non-hydrogen) atoms. The third-order valence-electron chi connectivity index (χ3n) is 3.69. The number of hydrogen-bond donors (Lipinski definition) is 3. The molecule has 0 saturated heterocycles. The van der Waals surface area contributed by atoms with Gasteiger partial charge in [-0.2, -0.15) is 5.10 Å². The van der Waals surface area contributed by atoms with E-state index < -0.39 is 0 Å². The molecule has 6 heteroatoms. The molecule has 0 spiro atoms. The predicted molar refractivity (Wildman–Crippen MR) is 82.8 cm³/mol. The van der Waals surface area contributed by atoms with E-state index in [1.807, 2.05) is 18.2 Å². The van der Waals surface area contributed by atoms with Gasteiger partial charge in [0.1, 0.15) is 0 Å². The highest BCUT2D eigenvalue weighted by molar-refractivity contribution is 6.07. The van der Waals surface area contributed by atoms with Crippen molar-refractivity contribution in [2.24, 2.45) is 0 Å². The molecule has 1 aromatic heterocycles. The average Bonchev–Trinajstić information content (AvgIpc) is 3.10. The fourth-order valence-electron chi connectivity index (χ4n) is 2.59. The van der Waals surface area contributed by atoms with E-state index in [-0.39, 0.29) is 11.8 Å². The number of benzene rings is 2. The van der Waals surface area contributed by atoms with Crippen LogP contribution in [0, 0.1) is 0 Å². The molecule has 2 amide bonds. The van der Waals surface area contributed by atoms with E-state index in [2.05, 4.69) is 20.8 Å². The van der Waals surface area contributed by atoms with Crippen molar-refractivity contribution in [2.75, 3.05) is 10.6 Å². The number of nitrogens with zero attached hydrogens (tertiary/aromatic N) is 1. The summed E-state index contributed by atoms with van der Waals surface area (Å²) in [7, 11) is 0. The van der Waals surface area contributed by atoms with E-state index in [0.717, 1.165) is 22.2 Å². The van der Waals surface area contributed by atoms with E-state index in [1.165, 1.54) is 0 Å². The van der Waals surface area contributed by atoms with Crippen LogP contribution >= 0.6 is 0 Å². The molecule has 0 radical (unpaired) electrons. The van der Waals surface area contributed by atoms with Gasteiger partial charge in [0, 0.05) is 22.3 Å². The van der Waals surface area contributed by atoms with Crippen molar-refractivity contribution in [2.45, 2.75) is 6.42 Å². The Balaban J connectivity index is 1.59. The molecule has 3 aromatic rings. The molecule has 0 unspecified atom stereocenters. The van der Waals surface area contributed by atoms with Crippen molar-refractivity contribution in [1.82, 2.24) is 10.2 Å². The number of carbonyl (C=O) groups is 2. The lowest BCUT2D eigenvalue weighted by atomic mass is 10.1. The van der Waals surface area contributed by atoms with Gasteiger partial charge in [-0.25, -0.2) is 0 Å². The molecule has 0 fully saturated rings. The molecule has 108 valence electrons. The number of carbonyl (C=O) groups excluding carboxylic acids is 2. The van der Waals surface area contributed by atoms with Crippen LogP contribution in [0.25, 0.3) is 10.9 Å². The van der Waals surface area contributed by atoms with E-state index in [9.17, 15) is 9.59 Å². The quantitative estimate of drug-likeness (QED) is 0.677. The lowest BCUT2D eigenvalue weighted by Crippen LogP contribution is -2.12. The zero-order chi connectivity index (χ0) is 15.1. The lowest BCUT2D eigenvalue weighted by Gasteiger charge is -2.07. The Morgan fingerprint density at radius 1 is 1.18 bits per heavy atom. The van der Waals surface area contributed by atoms with Crippen LogP contribution in [0.3, 0.4) is 0 Å². The number of H-pyrrole nitrogens is 1. The van der Waals surface area contributed by atoms with E-state index >= 15 is 0 Å². The van der Waals surface area contributed by atoms with Crippen LogP contribution in [0.5, 0.6) is 0 Å². The van der Waals surface area contributed by atoms with Crippen LogP contribution in [-0.4, -0.2) is 22.0 Å². The number of hydrogen-bond acceptors (Lipinski definition) is 3. The minimum atomic E-state index is -0.207. The van der Waals surface area contributed by atoms with Gasteiger partial charge in [-0.05, 0) is 42.0 Å². The molecule has 2 aromatic carbocycles. The second-order valence-corrected chi connectivity index (χ2v) is 5.22. The summed E-state index contributed by atoms with van der Waals surface area (Å²) in [5, 5.41) is 13.4. The number of nitrogens with one attached hydrogen (secondary N) is 3. The van der Waals surface area contributed by atoms with Gasteiger partial charge in [-0.15, -0.1) is 0 Å². The molecule has 3 N–H and O–H groups in total. The molecule has 1 aliphatic rings. The van der Waals surface area contributed by atoms with Gasteiger partial charge in [-0.1, -0.05) is 0 Å². The Hall–Kier alpha value is -3.15. The maximum atomic E-state index is 12.3. The number of amides is 2. The fourth-order valence-corrected chi connectivity index (χ4v) is 2.59. The normalized spacial score (nSPS) is 13.0. The van der Waals surface area contributed by atoms with Crippen molar-refractivity contribution < 1.29 is 9.59 Å². The number of rotatable bonds is 2. The summed E-state index contributed by atoms with van der Waals surface area (Å²) >= 11 is 0. The third kappa shape index (κ3) is 2.10. The van der Waals surface area contributed by atoms with Gasteiger partial charge in [0.05, 0.1) is 18.1 Å². The van der Waals surface area contributed by atoms with E-state index in [0.29, 0.717) is 17.7 Å². The van der Waals surface area contributed by atoms with Crippen molar-refractivity contribution >= 4 is 34.1 Å². The van der Waals surface area contributed by atoms with Gasteiger partial charge in [-0.3, -0.25) is 14.7 Å². The third-order valence-corrected chi connectivity index (χ3v) is 3.69. The Kier molecular flexibility index (Phi) is 2.69. The average molecular weight is 292 g/mol. The largest absolute Gasteiger partial charge is 0.326 e. The SMILES string of the molecule is O=C1Cc2cc(C(=O)Nc3ccc4cn[nH]c4c3)ccc2N1. The van der Waals surface area contributed by atoms with Crippen LogP contribution in [0.15, 0.2) is 42.6 Å². The van der Waals surface area contributed by atoms with Crippen molar-refractivity contribution in [1.29, 1.82) is 0 Å². The van der Waals surface area contributed by atoms with Crippen molar-refractivity contribution in [3.8, 4) is 0 Å². The predicted octanol–water partition coefficient (Wildman–Crippen LogP) is 2.31. The van der Waals surface area contributed by atoms with Gasteiger partial charge in [0.15, 0.2) is 0 Å². The minimum absolute atomic E-state index is 0.0442. The Labute approximate surface area is 125 Å². The van der Waals surface area contributed by atoms with Gasteiger partial charge in [0.25, 0.3) is 5.91 Å². The first-order chi connectivity index (χ1) is 10.7. The topological polar surface area (TPSA) is 86.9 Å². The number of anilines is 2. The van der Waals surface area contributed by atoms with Gasteiger partial charge < -0.3 is 10.6 Å². The smallest absolute Gasteiger partial charge is 0.255 e. The summed E-state index contributed by atoms with van der Waals surface area (Å²) < 4.78 is 0. The second-order valence-electron chi connectivity index (χ2n) is 5.22. The molecule has 0 atom stereocenters. The van der Waals surface area contributed by atoms with Crippen LogP contribution in [0.4, 0.5) is 11.4 Å². The zero-order valence-corrected chi connectivity index (χ0v) is 11.5. The van der Waals surface area contributed by atoms with Crippen LogP contribution < -0.4 is 10.6 Å². The number of aromatic amines is 1. The van der Waals surface area contributed by atoms with Gasteiger partial charge >= 0.3 is 0 Å². The maximum Gasteiger partial charge on any atom is 0.255 e. The molecular weight excluding hydrogens is 280 g/mol. The fraction of sp³-hybridized carbons (Fsp3) is 0.0625. The molecule has 0 bridgehead atoms. The second kappa shape index (κ2) is 4.70. The van der Waals surface area contributed by atoms with Crippen LogP contribution in [0.2, 0.25) is 0 Å². The van der Waals surface area contributed by atoms with Crippen LogP contribution in [0.1, 0.15) is 15.9 Å². The van der Waals surface area contributed by atoms with Crippen LogP contribution in [-0.2, 0) is 11.2 Å². The molecule has 2 heterocycles. The summed E-state index contributed by atoms with van der Waals surface area (Å²) in [5.41, 5.74) is 3.71. The Bertz CT molecular complexity index is 913. The molecule has 1 aliphatic heterocycles. The highest BCUT2D eigenvalue weighted by Gasteiger charge is 2.19. The van der Waals surface area contributed by atoms with Gasteiger partial charge in [0.2, 0.25) is 5.91 Å². The van der Waals surface area contributed by atoms with Crippen molar-refractivity contribution in [3.63, 3.8) is 0 Å². The molecular formula is C16H12N4O2. The van der Waals surface area contributed by atoms with Crippen molar-refractivity contribution in [3.05, 3.63) is 53.7 Å². The molecule has 6 nitrogen and oxygen atoms in total. The minimum Gasteiger partial charge on any atom is -0.326 e. The summed E-state index contributed by atoms with van der Waals surface area (Å²) in [5.74, 6) is -0.252. The number of fused-ring (bicyclic) bond motifs is 2. The monoisotopic (exact) mass is 292 g/mol. The molecule has 4 rings (SSSR count). The standard InChI is InChI=1S/C16H12N4O2/c21-15-6-11-5-9(2-4-13(11)19-15)16(22)18-12-3-1-10-8-17-20-14(10)7-12/h1-5,7-8H,6H2,(H,17,20)(H,18,22)(H,19,21). The highest BCUT2D eigenvalue weighted by Crippen LogP contribution is 2.24. The molecule has 0 aliphatic carbocycles. The first-order valence-corrected chi connectivity index (χ1v) is 6.86. The summed E-state index contributed by atoms with van der Waals surface area (Å²) in [6.45, 7) is 0. The number of aromatic nitrogens is 2. The van der Waals surface area contributed by atoms with E-state index in [4.69, 9.17) is 0 Å². The maximum absolute atomic E-state index is 12.3. The lowest BCUT2D eigenvalue weighted by molar-refractivity contribution is -0.115. The zero-order valence-electron chi connectivity index (χ0n) is 11.5. The summed E-state index contributed by atoms with van der Waals surface area (Å²) in [4.78, 5) is 23.7. The summed E-state index contributed by atoms with van der Waals surface area (Å²) in [6.07, 6.45) is 2.04. The summed E-state index contributed by atoms with van der Waals surface area (Å²) in [6, 6.07) is 10.8. The van der Waals surface area contributed by atoms with E-state index in [1.54, 1.807) is 24.4 Å².